The third kappa shape index (κ3) is 2.87. The van der Waals surface area contributed by atoms with Crippen molar-refractivity contribution in [2.75, 3.05) is 26.8 Å². The molecular formula is C14H19F2NO2. The smallest absolute Gasteiger partial charge is 0.274 e. The molecule has 2 rings (SSSR count). The minimum atomic E-state index is -2.93. The number of ether oxygens (including phenoxy) is 2. The van der Waals surface area contributed by atoms with Gasteiger partial charge in [0.25, 0.3) is 5.92 Å². The van der Waals surface area contributed by atoms with Crippen LogP contribution in [0.5, 0.6) is 5.75 Å². The molecule has 1 fully saturated rings. The fraction of sp³-hybridized carbons (Fsp3) is 0.571. The number of aryl methyl sites for hydroxylation is 1. The van der Waals surface area contributed by atoms with Crippen LogP contribution in [-0.2, 0) is 10.7 Å². The van der Waals surface area contributed by atoms with Gasteiger partial charge in [-0.2, -0.15) is 0 Å². The van der Waals surface area contributed by atoms with Crippen molar-refractivity contribution in [2.24, 2.45) is 0 Å². The Labute approximate surface area is 111 Å². The molecule has 1 saturated heterocycles. The molecule has 0 spiro atoms. The maximum absolute atomic E-state index is 13.6. The predicted octanol–water partition coefficient (Wildman–Crippen LogP) is 2.78. The van der Waals surface area contributed by atoms with Gasteiger partial charge in [-0.15, -0.1) is 0 Å². The van der Waals surface area contributed by atoms with E-state index < -0.39 is 5.92 Å². The van der Waals surface area contributed by atoms with Crippen molar-refractivity contribution < 1.29 is 18.3 Å². The third-order valence-corrected chi connectivity index (χ3v) is 3.34. The Morgan fingerprint density at radius 3 is 2.68 bits per heavy atom. The highest BCUT2D eigenvalue weighted by molar-refractivity contribution is 5.49. The molecule has 1 aromatic carbocycles. The molecule has 0 aromatic heterocycles. The summed E-state index contributed by atoms with van der Waals surface area (Å²) in [6.45, 7) is 4.72. The summed E-state index contributed by atoms with van der Waals surface area (Å²) in [4.78, 5) is 0. The molecule has 19 heavy (non-hydrogen) atoms. The Morgan fingerprint density at radius 2 is 2.16 bits per heavy atom. The Hall–Kier alpha value is -1.20. The van der Waals surface area contributed by atoms with Crippen LogP contribution in [0.3, 0.4) is 0 Å². The second-order valence-electron chi connectivity index (χ2n) is 4.83. The van der Waals surface area contributed by atoms with Gasteiger partial charge in [-0.05, 0) is 18.6 Å². The van der Waals surface area contributed by atoms with Crippen LogP contribution in [0.25, 0.3) is 0 Å². The summed E-state index contributed by atoms with van der Waals surface area (Å²) >= 11 is 0. The molecule has 106 valence electrons. The molecule has 1 atom stereocenters. The normalized spacial score (nSPS) is 20.4. The number of methoxy groups -OCH3 is 1. The first kappa shape index (κ1) is 14.2. The highest BCUT2D eigenvalue weighted by Gasteiger charge is 2.32. The quantitative estimate of drug-likeness (QED) is 0.917. The Kier molecular flexibility index (Phi) is 4.06. The first-order valence-electron chi connectivity index (χ1n) is 6.33. The van der Waals surface area contributed by atoms with E-state index in [9.17, 15) is 8.78 Å². The number of nitrogens with one attached hydrogen (secondary N) is 1. The second kappa shape index (κ2) is 5.43. The average molecular weight is 271 g/mol. The van der Waals surface area contributed by atoms with Crippen molar-refractivity contribution in [1.82, 2.24) is 5.32 Å². The van der Waals surface area contributed by atoms with Gasteiger partial charge in [0.1, 0.15) is 5.75 Å². The van der Waals surface area contributed by atoms with Gasteiger partial charge in [-0.25, -0.2) is 8.78 Å². The zero-order valence-corrected chi connectivity index (χ0v) is 11.4. The molecule has 0 saturated carbocycles. The molecule has 1 aliphatic rings. The Morgan fingerprint density at radius 1 is 1.42 bits per heavy atom. The van der Waals surface area contributed by atoms with Gasteiger partial charge in [0.05, 0.1) is 25.4 Å². The van der Waals surface area contributed by atoms with Crippen LogP contribution < -0.4 is 10.1 Å². The lowest BCUT2D eigenvalue weighted by Crippen LogP contribution is -2.34. The van der Waals surface area contributed by atoms with Crippen LogP contribution in [0.1, 0.15) is 29.7 Å². The first-order chi connectivity index (χ1) is 8.95. The van der Waals surface area contributed by atoms with E-state index in [-0.39, 0.29) is 17.4 Å². The van der Waals surface area contributed by atoms with Gasteiger partial charge in [0.15, 0.2) is 0 Å². The van der Waals surface area contributed by atoms with E-state index in [4.69, 9.17) is 9.47 Å². The van der Waals surface area contributed by atoms with Crippen molar-refractivity contribution in [3.8, 4) is 5.75 Å². The van der Waals surface area contributed by atoms with E-state index in [1.165, 1.54) is 13.2 Å². The van der Waals surface area contributed by atoms with Crippen LogP contribution in [0.15, 0.2) is 12.1 Å². The Bertz CT molecular complexity index is 451. The standard InChI is InChI=1S/C14H19F2NO2/c1-9-4-5-10(14(2,15)16)13(18-3)12(9)11-8-17-6-7-19-11/h4-5,11,17H,6-8H2,1-3H3. The molecular weight excluding hydrogens is 252 g/mol. The molecule has 0 aliphatic carbocycles. The molecule has 0 amide bonds. The number of hydrogen-bond donors (Lipinski definition) is 1. The summed E-state index contributed by atoms with van der Waals surface area (Å²) in [5.74, 6) is -2.70. The van der Waals surface area contributed by atoms with Crippen molar-refractivity contribution in [2.45, 2.75) is 25.9 Å². The number of hydrogen-bond acceptors (Lipinski definition) is 3. The van der Waals surface area contributed by atoms with E-state index in [0.717, 1.165) is 19.0 Å². The molecule has 3 nitrogen and oxygen atoms in total. The molecule has 1 N–H and O–H groups in total. The maximum Gasteiger partial charge on any atom is 0.274 e. The highest BCUT2D eigenvalue weighted by Crippen LogP contribution is 2.41. The van der Waals surface area contributed by atoms with Gasteiger partial charge in [0.2, 0.25) is 0 Å². The predicted molar refractivity (Wildman–Crippen MR) is 68.9 cm³/mol. The molecule has 1 aromatic rings. The maximum atomic E-state index is 13.6. The number of rotatable bonds is 3. The van der Waals surface area contributed by atoms with Crippen LogP contribution in [-0.4, -0.2) is 26.8 Å². The summed E-state index contributed by atoms with van der Waals surface area (Å²) in [7, 11) is 1.42. The van der Waals surface area contributed by atoms with Crippen molar-refractivity contribution in [1.29, 1.82) is 0 Å². The Balaban J connectivity index is 2.51. The third-order valence-electron chi connectivity index (χ3n) is 3.34. The molecule has 1 heterocycles. The minimum absolute atomic E-state index is 0.0928. The lowest BCUT2D eigenvalue weighted by atomic mass is 9.95. The number of alkyl halides is 2. The van der Waals surface area contributed by atoms with Crippen molar-refractivity contribution in [3.63, 3.8) is 0 Å². The largest absolute Gasteiger partial charge is 0.496 e. The molecule has 1 aliphatic heterocycles. The number of halogens is 2. The van der Waals surface area contributed by atoms with Gasteiger partial charge >= 0.3 is 0 Å². The molecule has 0 radical (unpaired) electrons. The molecule has 5 heteroatoms. The lowest BCUT2D eigenvalue weighted by molar-refractivity contribution is 0.0114. The zero-order chi connectivity index (χ0) is 14.0. The minimum Gasteiger partial charge on any atom is -0.496 e. The van der Waals surface area contributed by atoms with Crippen LogP contribution in [0.2, 0.25) is 0 Å². The zero-order valence-electron chi connectivity index (χ0n) is 11.4. The van der Waals surface area contributed by atoms with E-state index in [2.05, 4.69) is 5.32 Å². The van der Waals surface area contributed by atoms with Gasteiger partial charge in [-0.1, -0.05) is 6.07 Å². The van der Waals surface area contributed by atoms with Crippen LogP contribution in [0.4, 0.5) is 8.78 Å². The number of morpholine rings is 1. The van der Waals surface area contributed by atoms with Gasteiger partial charge < -0.3 is 14.8 Å². The summed E-state index contributed by atoms with van der Waals surface area (Å²) in [6, 6.07) is 3.12. The van der Waals surface area contributed by atoms with Crippen molar-refractivity contribution >= 4 is 0 Å². The summed E-state index contributed by atoms with van der Waals surface area (Å²) in [5.41, 5.74) is 1.53. The van der Waals surface area contributed by atoms with E-state index in [1.54, 1.807) is 6.07 Å². The van der Waals surface area contributed by atoms with Gasteiger partial charge in [0, 0.05) is 25.6 Å². The summed E-state index contributed by atoms with van der Waals surface area (Å²) in [5, 5.41) is 3.20. The SMILES string of the molecule is COc1c(C(C)(F)F)ccc(C)c1C1CNCCO1. The van der Waals surface area contributed by atoms with Crippen LogP contribution in [0, 0.1) is 6.92 Å². The fourth-order valence-corrected chi connectivity index (χ4v) is 2.41. The first-order valence-corrected chi connectivity index (χ1v) is 6.33. The molecule has 0 bridgehead atoms. The lowest BCUT2D eigenvalue weighted by Gasteiger charge is -2.28. The van der Waals surface area contributed by atoms with E-state index in [1.807, 2.05) is 6.92 Å². The number of benzene rings is 1. The van der Waals surface area contributed by atoms with E-state index >= 15 is 0 Å². The summed E-state index contributed by atoms with van der Waals surface area (Å²) < 4.78 is 38.2. The fourth-order valence-electron chi connectivity index (χ4n) is 2.41. The van der Waals surface area contributed by atoms with E-state index in [0.29, 0.717) is 18.7 Å². The van der Waals surface area contributed by atoms with Crippen LogP contribution >= 0.6 is 0 Å². The summed E-state index contributed by atoms with van der Waals surface area (Å²) in [6.07, 6.45) is -0.244. The second-order valence-corrected chi connectivity index (χ2v) is 4.83. The van der Waals surface area contributed by atoms with Crippen molar-refractivity contribution in [3.05, 3.63) is 28.8 Å². The molecule has 1 unspecified atom stereocenters. The highest BCUT2D eigenvalue weighted by atomic mass is 19.3. The topological polar surface area (TPSA) is 30.5 Å². The monoisotopic (exact) mass is 271 g/mol. The average Bonchev–Trinajstić information content (AvgIpc) is 2.37. The van der Waals surface area contributed by atoms with Gasteiger partial charge in [-0.3, -0.25) is 0 Å².